The molecule has 0 saturated heterocycles. The molecule has 6 heteroatoms. The zero-order chi connectivity index (χ0) is 15.9. The normalized spacial score (nSPS) is 9.91. The summed E-state index contributed by atoms with van der Waals surface area (Å²) >= 11 is 3.40. The first-order chi connectivity index (χ1) is 10.5. The molecule has 0 radical (unpaired) electrons. The van der Waals surface area contributed by atoms with Crippen LogP contribution in [0.4, 0.5) is 16.2 Å². The number of anilines is 2. The number of carbonyl (C=O) groups excluding carboxylic acids is 2. The standard InChI is InChI=1S/C16H16BrN3O2/c1-11-7-8-13(9-14(11)17)20-16(22)18-10-15(21)19-12-5-3-2-4-6-12/h2-9H,10H2,1H3,(H,19,21)(H2,18,20,22). The van der Waals surface area contributed by atoms with Crippen molar-refractivity contribution in [2.45, 2.75) is 6.92 Å². The molecule has 114 valence electrons. The zero-order valence-corrected chi connectivity index (χ0v) is 13.6. The van der Waals surface area contributed by atoms with Gasteiger partial charge in [-0.05, 0) is 36.8 Å². The van der Waals surface area contributed by atoms with Crippen LogP contribution >= 0.6 is 15.9 Å². The minimum Gasteiger partial charge on any atom is -0.329 e. The highest BCUT2D eigenvalue weighted by Crippen LogP contribution is 2.20. The van der Waals surface area contributed by atoms with Crippen molar-refractivity contribution in [2.75, 3.05) is 17.2 Å². The van der Waals surface area contributed by atoms with Crippen LogP contribution in [-0.2, 0) is 4.79 Å². The molecule has 3 N–H and O–H groups in total. The van der Waals surface area contributed by atoms with E-state index in [0.29, 0.717) is 11.4 Å². The van der Waals surface area contributed by atoms with E-state index in [1.165, 1.54) is 0 Å². The van der Waals surface area contributed by atoms with Gasteiger partial charge >= 0.3 is 6.03 Å². The molecule has 0 heterocycles. The van der Waals surface area contributed by atoms with Crippen molar-refractivity contribution in [3.8, 4) is 0 Å². The second-order valence-corrected chi connectivity index (χ2v) is 5.54. The van der Waals surface area contributed by atoms with E-state index in [4.69, 9.17) is 0 Å². The smallest absolute Gasteiger partial charge is 0.319 e. The van der Waals surface area contributed by atoms with E-state index in [1.807, 2.05) is 31.2 Å². The van der Waals surface area contributed by atoms with Crippen molar-refractivity contribution in [1.82, 2.24) is 5.32 Å². The summed E-state index contributed by atoms with van der Waals surface area (Å²) in [6.07, 6.45) is 0. The van der Waals surface area contributed by atoms with Crippen LogP contribution in [0.5, 0.6) is 0 Å². The van der Waals surface area contributed by atoms with Gasteiger partial charge < -0.3 is 16.0 Å². The first-order valence-corrected chi connectivity index (χ1v) is 7.50. The minimum absolute atomic E-state index is 0.103. The Morgan fingerprint density at radius 3 is 2.41 bits per heavy atom. The molecular weight excluding hydrogens is 346 g/mol. The Labute approximate surface area is 137 Å². The van der Waals surface area contributed by atoms with E-state index in [9.17, 15) is 9.59 Å². The lowest BCUT2D eigenvalue weighted by molar-refractivity contribution is -0.115. The first kappa shape index (κ1) is 16.0. The highest BCUT2D eigenvalue weighted by molar-refractivity contribution is 9.10. The fourth-order valence-corrected chi connectivity index (χ4v) is 2.11. The number of para-hydroxylation sites is 1. The summed E-state index contributed by atoms with van der Waals surface area (Å²) in [5.74, 6) is -0.286. The van der Waals surface area contributed by atoms with Crippen molar-refractivity contribution >= 4 is 39.2 Å². The number of halogens is 1. The average molecular weight is 362 g/mol. The number of benzene rings is 2. The molecule has 0 aromatic heterocycles. The third-order valence-electron chi connectivity index (χ3n) is 2.90. The predicted molar refractivity (Wildman–Crippen MR) is 91.0 cm³/mol. The number of carbonyl (C=O) groups is 2. The summed E-state index contributed by atoms with van der Waals surface area (Å²) in [5, 5.41) is 7.87. The summed E-state index contributed by atoms with van der Waals surface area (Å²) < 4.78 is 0.909. The molecule has 0 aliphatic heterocycles. The SMILES string of the molecule is Cc1ccc(NC(=O)NCC(=O)Nc2ccccc2)cc1Br. The van der Waals surface area contributed by atoms with Crippen molar-refractivity contribution in [1.29, 1.82) is 0 Å². The number of amides is 3. The van der Waals surface area contributed by atoms with Crippen molar-refractivity contribution in [2.24, 2.45) is 0 Å². The molecule has 0 atom stereocenters. The maximum atomic E-state index is 11.7. The van der Waals surface area contributed by atoms with Gasteiger partial charge in [-0.2, -0.15) is 0 Å². The quantitative estimate of drug-likeness (QED) is 0.779. The van der Waals surface area contributed by atoms with Gasteiger partial charge in [0.15, 0.2) is 0 Å². The Balaban J connectivity index is 1.80. The Hall–Kier alpha value is -2.34. The van der Waals surface area contributed by atoms with E-state index in [-0.39, 0.29) is 12.5 Å². The number of rotatable bonds is 4. The fourth-order valence-electron chi connectivity index (χ4n) is 1.73. The maximum absolute atomic E-state index is 11.7. The van der Waals surface area contributed by atoms with Crippen LogP contribution in [0.1, 0.15) is 5.56 Å². The van der Waals surface area contributed by atoms with Crippen LogP contribution in [0.25, 0.3) is 0 Å². The number of aryl methyl sites for hydroxylation is 1. The van der Waals surface area contributed by atoms with Gasteiger partial charge in [0.25, 0.3) is 0 Å². The Bertz CT molecular complexity index is 674. The predicted octanol–water partition coefficient (Wildman–Crippen LogP) is 3.52. The molecule has 2 aromatic carbocycles. The van der Waals surface area contributed by atoms with E-state index < -0.39 is 6.03 Å². The number of urea groups is 1. The largest absolute Gasteiger partial charge is 0.329 e. The van der Waals surface area contributed by atoms with Gasteiger partial charge in [0, 0.05) is 15.8 Å². The second kappa shape index (κ2) is 7.61. The number of hydrogen-bond donors (Lipinski definition) is 3. The van der Waals surface area contributed by atoms with Gasteiger partial charge in [0.05, 0.1) is 6.54 Å². The lowest BCUT2D eigenvalue weighted by atomic mass is 10.2. The van der Waals surface area contributed by atoms with Gasteiger partial charge in [-0.3, -0.25) is 4.79 Å². The highest BCUT2D eigenvalue weighted by Gasteiger charge is 2.06. The van der Waals surface area contributed by atoms with E-state index >= 15 is 0 Å². The Kier molecular flexibility index (Phi) is 5.55. The molecule has 5 nitrogen and oxygen atoms in total. The van der Waals surface area contributed by atoms with Gasteiger partial charge in [0.2, 0.25) is 5.91 Å². The molecule has 0 bridgehead atoms. The molecular formula is C16H16BrN3O2. The molecule has 3 amide bonds. The third-order valence-corrected chi connectivity index (χ3v) is 3.75. The summed E-state index contributed by atoms with van der Waals surface area (Å²) in [7, 11) is 0. The molecule has 22 heavy (non-hydrogen) atoms. The lowest BCUT2D eigenvalue weighted by Gasteiger charge is -2.09. The van der Waals surface area contributed by atoms with E-state index in [1.54, 1.807) is 24.3 Å². The summed E-state index contributed by atoms with van der Waals surface area (Å²) in [4.78, 5) is 23.5. The van der Waals surface area contributed by atoms with Crippen LogP contribution in [0.3, 0.4) is 0 Å². The van der Waals surface area contributed by atoms with Crippen molar-refractivity contribution in [3.05, 3.63) is 58.6 Å². The van der Waals surface area contributed by atoms with Crippen LogP contribution in [0.2, 0.25) is 0 Å². The molecule has 0 aliphatic carbocycles. The van der Waals surface area contributed by atoms with E-state index in [0.717, 1.165) is 10.0 Å². The van der Waals surface area contributed by atoms with Gasteiger partial charge in [-0.25, -0.2) is 4.79 Å². The van der Waals surface area contributed by atoms with Gasteiger partial charge in [-0.15, -0.1) is 0 Å². The number of hydrogen-bond acceptors (Lipinski definition) is 2. The topological polar surface area (TPSA) is 70.2 Å². The Morgan fingerprint density at radius 2 is 1.73 bits per heavy atom. The lowest BCUT2D eigenvalue weighted by Crippen LogP contribution is -2.35. The zero-order valence-electron chi connectivity index (χ0n) is 12.0. The van der Waals surface area contributed by atoms with Crippen LogP contribution in [-0.4, -0.2) is 18.5 Å². The molecule has 0 saturated carbocycles. The van der Waals surface area contributed by atoms with Crippen molar-refractivity contribution in [3.63, 3.8) is 0 Å². The molecule has 0 unspecified atom stereocenters. The van der Waals surface area contributed by atoms with Crippen LogP contribution in [0, 0.1) is 6.92 Å². The first-order valence-electron chi connectivity index (χ1n) is 6.70. The average Bonchev–Trinajstić information content (AvgIpc) is 2.50. The fraction of sp³-hybridized carbons (Fsp3) is 0.125. The molecule has 0 aliphatic rings. The molecule has 0 fully saturated rings. The number of nitrogens with one attached hydrogen (secondary N) is 3. The van der Waals surface area contributed by atoms with Gasteiger partial charge in [0.1, 0.15) is 0 Å². The highest BCUT2D eigenvalue weighted by atomic mass is 79.9. The Morgan fingerprint density at radius 1 is 1.00 bits per heavy atom. The van der Waals surface area contributed by atoms with Crippen LogP contribution in [0.15, 0.2) is 53.0 Å². The third kappa shape index (κ3) is 4.89. The molecule has 0 spiro atoms. The monoisotopic (exact) mass is 361 g/mol. The second-order valence-electron chi connectivity index (χ2n) is 4.69. The van der Waals surface area contributed by atoms with E-state index in [2.05, 4.69) is 31.9 Å². The minimum atomic E-state index is -0.432. The summed E-state index contributed by atoms with van der Waals surface area (Å²) in [6, 6.07) is 14.1. The van der Waals surface area contributed by atoms with Crippen molar-refractivity contribution < 1.29 is 9.59 Å². The molecule has 2 aromatic rings. The summed E-state index contributed by atoms with van der Waals surface area (Å²) in [6.45, 7) is 1.86. The molecule has 2 rings (SSSR count). The van der Waals surface area contributed by atoms with Crippen LogP contribution < -0.4 is 16.0 Å². The maximum Gasteiger partial charge on any atom is 0.319 e. The van der Waals surface area contributed by atoms with Gasteiger partial charge in [-0.1, -0.05) is 40.2 Å². The summed E-state index contributed by atoms with van der Waals surface area (Å²) in [5.41, 5.74) is 2.42.